The highest BCUT2D eigenvalue weighted by molar-refractivity contribution is 7.89. The Morgan fingerprint density at radius 1 is 1.35 bits per heavy atom. The smallest absolute Gasteiger partial charge is 0.240 e. The van der Waals surface area contributed by atoms with Crippen LogP contribution in [0.3, 0.4) is 0 Å². The van der Waals surface area contributed by atoms with Crippen molar-refractivity contribution in [2.45, 2.75) is 62.4 Å². The molecule has 0 spiro atoms. The Labute approximate surface area is 182 Å². The Kier molecular flexibility index (Phi) is 8.36. The monoisotopic (exact) mass is 457 g/mol. The van der Waals surface area contributed by atoms with E-state index in [9.17, 15) is 22.7 Å². The molecule has 11 heteroatoms. The van der Waals surface area contributed by atoms with E-state index in [-0.39, 0.29) is 24.4 Å². The molecule has 3 rings (SSSR count). The molecule has 0 aromatic heterocycles. The summed E-state index contributed by atoms with van der Waals surface area (Å²) in [5, 5.41) is 17.2. The quantitative estimate of drug-likeness (QED) is 0.388. The molecule has 0 saturated carbocycles. The number of amides is 1. The third-order valence-electron chi connectivity index (χ3n) is 5.61. The Hall–Kier alpha value is -1.63. The normalized spacial score (nSPS) is 25.3. The molecule has 3 unspecified atom stereocenters. The van der Waals surface area contributed by atoms with E-state index in [2.05, 4.69) is 20.8 Å². The van der Waals surface area contributed by atoms with E-state index in [1.54, 1.807) is 19.1 Å². The van der Waals surface area contributed by atoms with Gasteiger partial charge in [-0.3, -0.25) is 4.79 Å². The zero-order chi connectivity index (χ0) is 22.4. The second kappa shape index (κ2) is 10.8. The minimum Gasteiger partial charge on any atom is -0.377 e. The SMILES string of the molecule is Cc1ccc(NC(=O)CN2NCC(F)CC2O)cc1S(=O)(=O)NCCC1CCCCN1. The first-order valence-electron chi connectivity index (χ1n) is 10.7. The molecule has 1 aromatic carbocycles. The summed E-state index contributed by atoms with van der Waals surface area (Å²) >= 11 is 0. The summed E-state index contributed by atoms with van der Waals surface area (Å²) in [7, 11) is -3.73. The molecule has 2 saturated heterocycles. The third-order valence-corrected chi connectivity index (χ3v) is 7.22. The van der Waals surface area contributed by atoms with Gasteiger partial charge in [-0.1, -0.05) is 12.5 Å². The summed E-state index contributed by atoms with van der Waals surface area (Å²) in [6.45, 7) is 2.83. The summed E-state index contributed by atoms with van der Waals surface area (Å²) in [5.41, 5.74) is 3.57. The van der Waals surface area contributed by atoms with E-state index < -0.39 is 28.3 Å². The number of nitrogens with zero attached hydrogens (tertiary/aromatic N) is 1. The third kappa shape index (κ3) is 6.93. The van der Waals surface area contributed by atoms with E-state index in [1.165, 1.54) is 11.1 Å². The van der Waals surface area contributed by atoms with Gasteiger partial charge < -0.3 is 15.7 Å². The zero-order valence-corrected chi connectivity index (χ0v) is 18.5. The van der Waals surface area contributed by atoms with Crippen LogP contribution < -0.4 is 20.8 Å². The van der Waals surface area contributed by atoms with E-state index in [0.717, 1.165) is 32.2 Å². The number of rotatable bonds is 8. The number of hydrogen-bond donors (Lipinski definition) is 5. The molecule has 0 aliphatic carbocycles. The van der Waals surface area contributed by atoms with E-state index in [4.69, 9.17) is 0 Å². The van der Waals surface area contributed by atoms with E-state index in [0.29, 0.717) is 23.8 Å². The van der Waals surface area contributed by atoms with Crippen LogP contribution in [0.15, 0.2) is 23.1 Å². The van der Waals surface area contributed by atoms with Crippen LogP contribution in [0, 0.1) is 6.92 Å². The number of benzene rings is 1. The molecule has 0 radical (unpaired) electrons. The first-order valence-corrected chi connectivity index (χ1v) is 12.2. The highest BCUT2D eigenvalue weighted by atomic mass is 32.2. The lowest BCUT2D eigenvalue weighted by Gasteiger charge is -2.33. The lowest BCUT2D eigenvalue weighted by atomic mass is 10.0. The molecular weight excluding hydrogens is 425 g/mol. The van der Waals surface area contributed by atoms with Gasteiger partial charge in [-0.05, 0) is 50.4 Å². The highest BCUT2D eigenvalue weighted by Crippen LogP contribution is 2.21. The van der Waals surface area contributed by atoms with Crippen LogP contribution in [0.25, 0.3) is 0 Å². The maximum atomic E-state index is 13.3. The molecular formula is C20H32FN5O4S. The zero-order valence-electron chi connectivity index (χ0n) is 17.7. The number of aliphatic hydroxyl groups is 1. The lowest BCUT2D eigenvalue weighted by Crippen LogP contribution is -2.56. The number of piperidine rings is 1. The molecule has 5 N–H and O–H groups in total. The first-order chi connectivity index (χ1) is 14.7. The van der Waals surface area contributed by atoms with Gasteiger partial charge in [-0.15, -0.1) is 0 Å². The maximum absolute atomic E-state index is 13.3. The Bertz CT molecular complexity index is 863. The molecule has 2 fully saturated rings. The molecule has 1 amide bonds. The number of nitrogens with one attached hydrogen (secondary N) is 4. The van der Waals surface area contributed by atoms with Crippen molar-refractivity contribution in [1.82, 2.24) is 20.5 Å². The summed E-state index contributed by atoms with van der Waals surface area (Å²) in [4.78, 5) is 12.4. The standard InChI is InChI=1S/C20H32FN5O4S/c1-14-5-6-17(25-19(27)13-26-20(28)10-15(21)12-23-26)11-18(14)31(29,30)24-9-7-16-4-2-3-8-22-16/h5-6,11,15-16,20,22-24,28H,2-4,7-10,12-13H2,1H3,(H,25,27). The number of alkyl halides is 1. The molecule has 1 aromatic rings. The lowest BCUT2D eigenvalue weighted by molar-refractivity contribution is -0.127. The van der Waals surface area contributed by atoms with Crippen LogP contribution in [0.2, 0.25) is 0 Å². The van der Waals surface area contributed by atoms with E-state index in [1.807, 2.05) is 0 Å². The summed E-state index contributed by atoms with van der Waals surface area (Å²) in [5.74, 6) is -0.451. The average Bonchev–Trinajstić information content (AvgIpc) is 2.72. The minimum absolute atomic E-state index is 0.0271. The Morgan fingerprint density at radius 2 is 2.16 bits per heavy atom. The summed E-state index contributed by atoms with van der Waals surface area (Å²) in [6, 6.07) is 5.01. The fraction of sp³-hybridized carbons (Fsp3) is 0.650. The second-order valence-electron chi connectivity index (χ2n) is 8.17. The molecule has 2 aliphatic heterocycles. The van der Waals surface area contributed by atoms with Crippen LogP contribution >= 0.6 is 0 Å². The number of carbonyl (C=O) groups excluding carboxylic acids is 1. The second-order valence-corrected chi connectivity index (χ2v) is 9.90. The van der Waals surface area contributed by atoms with E-state index >= 15 is 0 Å². The Balaban J connectivity index is 1.57. The average molecular weight is 458 g/mol. The predicted molar refractivity (Wildman–Crippen MR) is 115 cm³/mol. The predicted octanol–water partition coefficient (Wildman–Crippen LogP) is 0.611. The molecule has 174 valence electrons. The van der Waals surface area contributed by atoms with Crippen molar-refractivity contribution in [2.24, 2.45) is 0 Å². The number of carbonyl (C=O) groups is 1. The van der Waals surface area contributed by atoms with Gasteiger partial charge in [0, 0.05) is 31.2 Å². The first kappa shape index (κ1) is 24.0. The molecule has 0 bridgehead atoms. The topological polar surface area (TPSA) is 123 Å². The molecule has 9 nitrogen and oxygen atoms in total. The number of halogens is 1. The van der Waals surface area contributed by atoms with Gasteiger partial charge in [0.15, 0.2) is 0 Å². The van der Waals surface area contributed by atoms with Crippen LogP contribution in [-0.4, -0.2) is 69.1 Å². The highest BCUT2D eigenvalue weighted by Gasteiger charge is 2.28. The van der Waals surface area contributed by atoms with Gasteiger partial charge in [0.05, 0.1) is 11.4 Å². The fourth-order valence-corrected chi connectivity index (χ4v) is 5.18. The number of hydrazine groups is 1. The van der Waals surface area contributed by atoms with Crippen molar-refractivity contribution in [3.05, 3.63) is 23.8 Å². The van der Waals surface area contributed by atoms with Crippen LogP contribution in [0.4, 0.5) is 10.1 Å². The van der Waals surface area contributed by atoms with Gasteiger partial charge >= 0.3 is 0 Å². The van der Waals surface area contributed by atoms with Crippen LogP contribution in [0.5, 0.6) is 0 Å². The molecule has 2 heterocycles. The maximum Gasteiger partial charge on any atom is 0.240 e. The summed E-state index contributed by atoms with van der Waals surface area (Å²) in [6.07, 6.45) is 1.74. The van der Waals surface area contributed by atoms with Crippen molar-refractivity contribution < 1.29 is 22.7 Å². The van der Waals surface area contributed by atoms with Crippen molar-refractivity contribution in [1.29, 1.82) is 0 Å². The Morgan fingerprint density at radius 3 is 2.87 bits per heavy atom. The van der Waals surface area contributed by atoms with Crippen molar-refractivity contribution in [2.75, 3.05) is 31.5 Å². The van der Waals surface area contributed by atoms with Gasteiger partial charge in [0.25, 0.3) is 0 Å². The van der Waals surface area contributed by atoms with Crippen molar-refractivity contribution in [3.8, 4) is 0 Å². The molecule has 2 aliphatic rings. The van der Waals surface area contributed by atoms with Gasteiger partial charge in [-0.25, -0.2) is 28.0 Å². The summed E-state index contributed by atoms with van der Waals surface area (Å²) < 4.78 is 41.5. The number of aryl methyl sites for hydroxylation is 1. The van der Waals surface area contributed by atoms with Crippen molar-refractivity contribution in [3.63, 3.8) is 0 Å². The van der Waals surface area contributed by atoms with Gasteiger partial charge in [0.2, 0.25) is 15.9 Å². The van der Waals surface area contributed by atoms with Crippen LogP contribution in [0.1, 0.15) is 37.7 Å². The minimum atomic E-state index is -3.73. The van der Waals surface area contributed by atoms with Crippen molar-refractivity contribution >= 4 is 21.6 Å². The van der Waals surface area contributed by atoms with Gasteiger partial charge in [-0.2, -0.15) is 0 Å². The van der Waals surface area contributed by atoms with Gasteiger partial charge in [0.1, 0.15) is 12.4 Å². The number of aliphatic hydroxyl groups excluding tert-OH is 1. The van der Waals surface area contributed by atoms with Crippen LogP contribution in [-0.2, 0) is 14.8 Å². The molecule has 31 heavy (non-hydrogen) atoms. The molecule has 3 atom stereocenters. The fourth-order valence-electron chi connectivity index (χ4n) is 3.86. The largest absolute Gasteiger partial charge is 0.377 e. The number of anilines is 1. The number of sulfonamides is 1. The number of hydrogen-bond acceptors (Lipinski definition) is 7.